The van der Waals surface area contributed by atoms with Crippen molar-refractivity contribution in [3.8, 4) is 5.75 Å². The third-order valence-electron chi connectivity index (χ3n) is 3.77. The number of thioether (sulfide) groups is 1. The molecule has 4 heteroatoms. The first-order chi connectivity index (χ1) is 9.81. The number of ether oxygens (including phenoxy) is 1. The van der Waals surface area contributed by atoms with Gasteiger partial charge in [-0.1, -0.05) is 25.1 Å². The summed E-state index contributed by atoms with van der Waals surface area (Å²) in [5, 5.41) is 3.36. The van der Waals surface area contributed by atoms with Gasteiger partial charge in [0.15, 0.2) is 0 Å². The lowest BCUT2D eigenvalue weighted by Crippen LogP contribution is -2.34. The van der Waals surface area contributed by atoms with Gasteiger partial charge in [-0.3, -0.25) is 4.90 Å². The lowest BCUT2D eigenvalue weighted by Gasteiger charge is -2.23. The summed E-state index contributed by atoms with van der Waals surface area (Å²) in [6.07, 6.45) is 1.32. The normalized spacial score (nSPS) is 18.6. The second kappa shape index (κ2) is 8.55. The zero-order valence-corrected chi connectivity index (χ0v) is 13.4. The molecule has 112 valence electrons. The summed E-state index contributed by atoms with van der Waals surface area (Å²) in [6, 6.07) is 9.05. The van der Waals surface area contributed by atoms with Crippen LogP contribution in [0.1, 0.15) is 18.9 Å². The maximum absolute atomic E-state index is 5.98. The fraction of sp³-hybridized carbons (Fsp3) is 0.625. The Balaban J connectivity index is 1.78. The van der Waals surface area contributed by atoms with Crippen molar-refractivity contribution >= 4 is 11.8 Å². The standard InChI is InChI=1S/C16H26N2OS/c1-3-17-12-14-6-4-5-7-16(14)19-10-9-18(2)15-8-11-20-13-15/h4-7,15,17H,3,8-13H2,1-2H3. The van der Waals surface area contributed by atoms with Crippen LogP contribution in [0.15, 0.2) is 24.3 Å². The second-order valence-electron chi connectivity index (χ2n) is 5.23. The molecule has 1 aliphatic rings. The van der Waals surface area contributed by atoms with Gasteiger partial charge < -0.3 is 10.1 Å². The smallest absolute Gasteiger partial charge is 0.123 e. The second-order valence-corrected chi connectivity index (χ2v) is 6.38. The van der Waals surface area contributed by atoms with Gasteiger partial charge in [0.1, 0.15) is 12.4 Å². The van der Waals surface area contributed by atoms with Crippen LogP contribution in [-0.4, -0.2) is 49.2 Å². The van der Waals surface area contributed by atoms with Crippen LogP contribution in [0.25, 0.3) is 0 Å². The molecule has 0 aliphatic carbocycles. The number of nitrogens with one attached hydrogen (secondary N) is 1. The van der Waals surface area contributed by atoms with Crippen LogP contribution in [-0.2, 0) is 6.54 Å². The van der Waals surface area contributed by atoms with Crippen molar-refractivity contribution in [1.29, 1.82) is 0 Å². The van der Waals surface area contributed by atoms with E-state index >= 15 is 0 Å². The van der Waals surface area contributed by atoms with Crippen molar-refractivity contribution in [2.75, 3.05) is 38.2 Å². The molecule has 2 rings (SSSR count). The molecule has 1 aromatic rings. The van der Waals surface area contributed by atoms with E-state index in [1.807, 2.05) is 6.07 Å². The number of hydrogen-bond acceptors (Lipinski definition) is 4. The van der Waals surface area contributed by atoms with Crippen molar-refractivity contribution < 1.29 is 4.74 Å². The van der Waals surface area contributed by atoms with Crippen molar-refractivity contribution in [2.24, 2.45) is 0 Å². The molecule has 3 nitrogen and oxygen atoms in total. The van der Waals surface area contributed by atoms with E-state index in [4.69, 9.17) is 4.74 Å². The number of benzene rings is 1. The maximum Gasteiger partial charge on any atom is 0.123 e. The fourth-order valence-corrected chi connectivity index (χ4v) is 3.70. The molecule has 20 heavy (non-hydrogen) atoms. The maximum atomic E-state index is 5.98. The van der Waals surface area contributed by atoms with Crippen molar-refractivity contribution in [3.63, 3.8) is 0 Å². The van der Waals surface area contributed by atoms with Crippen LogP contribution in [0.2, 0.25) is 0 Å². The highest BCUT2D eigenvalue weighted by Gasteiger charge is 2.19. The summed E-state index contributed by atoms with van der Waals surface area (Å²) in [5.74, 6) is 3.59. The van der Waals surface area contributed by atoms with Gasteiger partial charge >= 0.3 is 0 Å². The predicted octanol–water partition coefficient (Wildman–Crippen LogP) is 2.61. The van der Waals surface area contributed by atoms with Gasteiger partial charge in [0.05, 0.1) is 0 Å². The van der Waals surface area contributed by atoms with Gasteiger partial charge in [-0.15, -0.1) is 0 Å². The molecular formula is C16H26N2OS. The van der Waals surface area contributed by atoms with Crippen LogP contribution < -0.4 is 10.1 Å². The number of para-hydroxylation sites is 1. The lowest BCUT2D eigenvalue weighted by atomic mass is 10.2. The van der Waals surface area contributed by atoms with E-state index in [1.54, 1.807) is 0 Å². The molecule has 1 atom stereocenters. The number of rotatable bonds is 8. The Morgan fingerprint density at radius 1 is 1.40 bits per heavy atom. The van der Waals surface area contributed by atoms with E-state index in [9.17, 15) is 0 Å². The summed E-state index contributed by atoms with van der Waals surface area (Å²) in [6.45, 7) is 5.75. The summed E-state index contributed by atoms with van der Waals surface area (Å²) in [7, 11) is 2.21. The highest BCUT2D eigenvalue weighted by Crippen LogP contribution is 2.21. The minimum atomic E-state index is 0.737. The van der Waals surface area contributed by atoms with Crippen LogP contribution in [0, 0.1) is 0 Å². The third kappa shape index (κ3) is 4.69. The first-order valence-electron chi connectivity index (χ1n) is 7.50. The minimum absolute atomic E-state index is 0.737. The molecule has 0 amide bonds. The Kier molecular flexibility index (Phi) is 6.70. The SMILES string of the molecule is CCNCc1ccccc1OCCN(C)C1CCSC1. The Morgan fingerprint density at radius 2 is 2.25 bits per heavy atom. The molecule has 1 saturated heterocycles. The average molecular weight is 294 g/mol. The highest BCUT2D eigenvalue weighted by molar-refractivity contribution is 7.99. The number of nitrogens with zero attached hydrogens (tertiary/aromatic N) is 1. The first kappa shape index (κ1) is 15.7. The average Bonchev–Trinajstić information content (AvgIpc) is 3.00. The Bertz CT molecular complexity index is 394. The van der Waals surface area contributed by atoms with E-state index in [1.165, 1.54) is 23.5 Å². The summed E-state index contributed by atoms with van der Waals surface area (Å²) < 4.78 is 5.98. The topological polar surface area (TPSA) is 24.5 Å². The van der Waals surface area contributed by atoms with Gasteiger partial charge in [0.25, 0.3) is 0 Å². The van der Waals surface area contributed by atoms with Gasteiger partial charge in [0, 0.05) is 30.4 Å². The van der Waals surface area contributed by atoms with Gasteiger partial charge in [0.2, 0.25) is 0 Å². The van der Waals surface area contributed by atoms with Crippen molar-refractivity contribution in [2.45, 2.75) is 25.9 Å². The molecule has 1 fully saturated rings. The molecule has 1 aliphatic heterocycles. The van der Waals surface area contributed by atoms with Crippen molar-refractivity contribution in [1.82, 2.24) is 10.2 Å². The van der Waals surface area contributed by atoms with Crippen LogP contribution in [0.4, 0.5) is 0 Å². The van der Waals surface area contributed by atoms with Gasteiger partial charge in [-0.2, -0.15) is 11.8 Å². The van der Waals surface area contributed by atoms with E-state index in [-0.39, 0.29) is 0 Å². The lowest BCUT2D eigenvalue weighted by molar-refractivity contribution is 0.201. The van der Waals surface area contributed by atoms with E-state index in [2.05, 4.69) is 54.1 Å². The minimum Gasteiger partial charge on any atom is -0.492 e. The zero-order chi connectivity index (χ0) is 14.2. The molecular weight excluding hydrogens is 268 g/mol. The Morgan fingerprint density at radius 3 is 3.00 bits per heavy atom. The van der Waals surface area contributed by atoms with E-state index in [0.717, 1.165) is 38.0 Å². The van der Waals surface area contributed by atoms with Crippen molar-refractivity contribution in [3.05, 3.63) is 29.8 Å². The zero-order valence-electron chi connectivity index (χ0n) is 12.6. The molecule has 1 aromatic carbocycles. The van der Waals surface area contributed by atoms with Gasteiger partial charge in [-0.05, 0) is 31.8 Å². The molecule has 0 spiro atoms. The predicted molar refractivity (Wildman–Crippen MR) is 87.7 cm³/mol. The quantitative estimate of drug-likeness (QED) is 0.796. The Hall–Kier alpha value is -0.710. The fourth-order valence-electron chi connectivity index (χ4n) is 2.40. The first-order valence-corrected chi connectivity index (χ1v) is 8.66. The third-order valence-corrected chi connectivity index (χ3v) is 4.91. The summed E-state index contributed by atoms with van der Waals surface area (Å²) in [5.41, 5.74) is 1.24. The Labute approximate surface area is 127 Å². The molecule has 1 heterocycles. The van der Waals surface area contributed by atoms with Gasteiger partial charge in [-0.25, -0.2) is 0 Å². The van der Waals surface area contributed by atoms with Crippen LogP contribution in [0.5, 0.6) is 5.75 Å². The summed E-state index contributed by atoms with van der Waals surface area (Å²) in [4.78, 5) is 2.44. The number of likely N-dealkylation sites (N-methyl/N-ethyl adjacent to an activating group) is 1. The molecule has 0 bridgehead atoms. The number of hydrogen-bond donors (Lipinski definition) is 1. The molecule has 0 saturated carbocycles. The van der Waals surface area contributed by atoms with E-state index < -0.39 is 0 Å². The largest absolute Gasteiger partial charge is 0.492 e. The molecule has 0 aromatic heterocycles. The van der Waals surface area contributed by atoms with Crippen LogP contribution >= 0.6 is 11.8 Å². The monoisotopic (exact) mass is 294 g/mol. The molecule has 1 N–H and O–H groups in total. The molecule has 0 radical (unpaired) electrons. The van der Waals surface area contributed by atoms with Crippen LogP contribution in [0.3, 0.4) is 0 Å². The molecule has 1 unspecified atom stereocenters. The summed E-state index contributed by atoms with van der Waals surface area (Å²) >= 11 is 2.06. The highest BCUT2D eigenvalue weighted by atomic mass is 32.2. The van der Waals surface area contributed by atoms with E-state index in [0.29, 0.717) is 0 Å².